The summed E-state index contributed by atoms with van der Waals surface area (Å²) in [6.07, 6.45) is 7.27. The fourth-order valence-electron chi connectivity index (χ4n) is 4.94. The molecule has 1 saturated heterocycles. The normalized spacial score (nSPS) is 30.1. The number of carbonyl (C=O) groups is 1. The quantitative estimate of drug-likeness (QED) is 0.851. The Morgan fingerprint density at radius 1 is 1.13 bits per heavy atom. The number of fused-ring (bicyclic) bond motifs is 1. The van der Waals surface area contributed by atoms with Crippen LogP contribution in [-0.2, 0) is 11.2 Å². The second kappa shape index (κ2) is 6.18. The van der Waals surface area contributed by atoms with Gasteiger partial charge >= 0.3 is 0 Å². The van der Waals surface area contributed by atoms with Crippen LogP contribution < -0.4 is 4.74 Å². The Labute approximate surface area is 139 Å². The second-order valence-corrected chi connectivity index (χ2v) is 7.57. The lowest BCUT2D eigenvalue weighted by atomic mass is 9.89. The predicted octanol–water partition coefficient (Wildman–Crippen LogP) is 3.52. The van der Waals surface area contributed by atoms with Crippen molar-refractivity contribution in [2.45, 2.75) is 38.5 Å². The molecule has 0 spiro atoms. The molecular formula is C20H27NO2. The molecule has 2 atom stereocenters. The number of nitrogens with zero attached hydrogens (tertiary/aromatic N) is 1. The van der Waals surface area contributed by atoms with Crippen molar-refractivity contribution >= 4 is 5.91 Å². The lowest BCUT2D eigenvalue weighted by Crippen LogP contribution is -2.40. The van der Waals surface area contributed by atoms with E-state index in [1.54, 1.807) is 7.11 Å². The number of piperidine rings is 1. The number of benzene rings is 1. The van der Waals surface area contributed by atoms with E-state index in [4.69, 9.17) is 4.74 Å². The van der Waals surface area contributed by atoms with E-state index in [1.807, 2.05) is 12.1 Å². The van der Waals surface area contributed by atoms with E-state index in [1.165, 1.54) is 24.8 Å². The molecule has 0 N–H and O–H groups in total. The highest BCUT2D eigenvalue weighted by Crippen LogP contribution is 2.58. The summed E-state index contributed by atoms with van der Waals surface area (Å²) in [6.45, 7) is 1.91. The van der Waals surface area contributed by atoms with Crippen LogP contribution in [0.15, 0.2) is 24.3 Å². The van der Waals surface area contributed by atoms with Crippen LogP contribution in [0.25, 0.3) is 0 Å². The van der Waals surface area contributed by atoms with E-state index < -0.39 is 0 Å². The molecule has 1 aromatic rings. The Bertz CT molecular complexity index is 567. The summed E-state index contributed by atoms with van der Waals surface area (Å²) in [4.78, 5) is 14.8. The molecule has 0 bridgehead atoms. The Morgan fingerprint density at radius 2 is 1.83 bits per heavy atom. The first kappa shape index (κ1) is 15.0. The van der Waals surface area contributed by atoms with Crippen LogP contribution >= 0.6 is 0 Å². The average Bonchev–Trinajstić information content (AvgIpc) is 3.07. The molecule has 23 heavy (non-hydrogen) atoms. The van der Waals surface area contributed by atoms with Gasteiger partial charge in [0, 0.05) is 19.0 Å². The lowest BCUT2D eigenvalue weighted by molar-refractivity contribution is -0.134. The minimum absolute atomic E-state index is 0.398. The van der Waals surface area contributed by atoms with Gasteiger partial charge in [0.1, 0.15) is 5.75 Å². The van der Waals surface area contributed by atoms with E-state index >= 15 is 0 Å². The van der Waals surface area contributed by atoms with Crippen molar-refractivity contribution in [3.05, 3.63) is 29.8 Å². The van der Waals surface area contributed by atoms with E-state index in [-0.39, 0.29) is 0 Å². The highest BCUT2D eigenvalue weighted by Gasteiger charge is 2.57. The summed E-state index contributed by atoms with van der Waals surface area (Å²) in [6, 6.07) is 8.32. The van der Waals surface area contributed by atoms with Gasteiger partial charge < -0.3 is 9.64 Å². The molecule has 2 aliphatic carbocycles. The first-order valence-corrected chi connectivity index (χ1v) is 9.18. The van der Waals surface area contributed by atoms with Crippen molar-refractivity contribution in [1.82, 2.24) is 4.90 Å². The number of hydrogen-bond acceptors (Lipinski definition) is 2. The molecule has 1 aliphatic heterocycles. The predicted molar refractivity (Wildman–Crippen MR) is 90.3 cm³/mol. The van der Waals surface area contributed by atoms with Gasteiger partial charge in [-0.25, -0.2) is 0 Å². The Kier molecular flexibility index (Phi) is 4.04. The average molecular weight is 313 g/mol. The third-order valence-corrected chi connectivity index (χ3v) is 6.32. The fraction of sp³-hybridized carbons (Fsp3) is 0.650. The van der Waals surface area contributed by atoms with Gasteiger partial charge in [0.25, 0.3) is 0 Å². The van der Waals surface area contributed by atoms with Crippen molar-refractivity contribution < 1.29 is 9.53 Å². The zero-order valence-electron chi connectivity index (χ0n) is 14.0. The van der Waals surface area contributed by atoms with Crippen molar-refractivity contribution in [2.24, 2.45) is 23.7 Å². The van der Waals surface area contributed by atoms with Gasteiger partial charge in [0.15, 0.2) is 0 Å². The molecular weight excluding hydrogens is 286 g/mol. The van der Waals surface area contributed by atoms with Crippen LogP contribution in [0.5, 0.6) is 5.75 Å². The monoisotopic (exact) mass is 313 g/mol. The molecule has 3 aliphatic rings. The van der Waals surface area contributed by atoms with Crippen molar-refractivity contribution in [2.75, 3.05) is 20.2 Å². The molecule has 4 rings (SSSR count). The molecule has 3 fully saturated rings. The van der Waals surface area contributed by atoms with Crippen LogP contribution in [0, 0.1) is 23.7 Å². The SMILES string of the molecule is COc1ccccc1CC1CCN(C(=O)C2[C@@H]3CCC[C@@H]23)CC1. The first-order valence-electron chi connectivity index (χ1n) is 9.18. The smallest absolute Gasteiger partial charge is 0.226 e. The topological polar surface area (TPSA) is 29.5 Å². The highest BCUT2D eigenvalue weighted by molar-refractivity contribution is 5.82. The van der Waals surface area contributed by atoms with E-state index in [0.29, 0.717) is 17.7 Å². The molecule has 1 heterocycles. The van der Waals surface area contributed by atoms with Gasteiger partial charge in [-0.05, 0) is 61.5 Å². The number of amides is 1. The van der Waals surface area contributed by atoms with Crippen LogP contribution in [0.4, 0.5) is 0 Å². The molecule has 0 unspecified atom stereocenters. The van der Waals surface area contributed by atoms with E-state index in [0.717, 1.165) is 49.9 Å². The molecule has 0 aromatic heterocycles. The van der Waals surface area contributed by atoms with Gasteiger partial charge in [-0.15, -0.1) is 0 Å². The number of para-hydroxylation sites is 1. The third kappa shape index (κ3) is 2.86. The van der Waals surface area contributed by atoms with E-state index in [2.05, 4.69) is 17.0 Å². The minimum atomic E-state index is 0.398. The van der Waals surface area contributed by atoms with Crippen molar-refractivity contribution in [3.8, 4) is 5.75 Å². The third-order valence-electron chi connectivity index (χ3n) is 6.32. The summed E-state index contributed by atoms with van der Waals surface area (Å²) in [7, 11) is 1.74. The van der Waals surface area contributed by atoms with Crippen molar-refractivity contribution in [1.29, 1.82) is 0 Å². The number of carbonyl (C=O) groups excluding carboxylic acids is 1. The number of hydrogen-bond donors (Lipinski definition) is 0. The Hall–Kier alpha value is -1.51. The number of ether oxygens (including phenoxy) is 1. The maximum atomic E-state index is 12.6. The zero-order valence-corrected chi connectivity index (χ0v) is 14.0. The largest absolute Gasteiger partial charge is 0.496 e. The van der Waals surface area contributed by atoms with Crippen LogP contribution in [0.1, 0.15) is 37.7 Å². The summed E-state index contributed by atoms with van der Waals surface area (Å²) < 4.78 is 5.46. The van der Waals surface area contributed by atoms with Crippen molar-refractivity contribution in [3.63, 3.8) is 0 Å². The maximum Gasteiger partial charge on any atom is 0.226 e. The minimum Gasteiger partial charge on any atom is -0.496 e. The zero-order chi connectivity index (χ0) is 15.8. The molecule has 1 aromatic carbocycles. The molecule has 124 valence electrons. The summed E-state index contributed by atoms with van der Waals surface area (Å²) in [5, 5.41) is 0. The summed E-state index contributed by atoms with van der Waals surface area (Å²) >= 11 is 0. The Balaban J connectivity index is 1.30. The molecule has 2 saturated carbocycles. The van der Waals surface area contributed by atoms with E-state index in [9.17, 15) is 4.79 Å². The van der Waals surface area contributed by atoms with Gasteiger partial charge in [-0.1, -0.05) is 24.6 Å². The maximum absolute atomic E-state index is 12.6. The summed E-state index contributed by atoms with van der Waals surface area (Å²) in [5.74, 6) is 4.03. The lowest BCUT2D eigenvalue weighted by Gasteiger charge is -2.33. The molecule has 3 heteroatoms. The summed E-state index contributed by atoms with van der Waals surface area (Å²) in [5.41, 5.74) is 1.30. The Morgan fingerprint density at radius 3 is 2.52 bits per heavy atom. The molecule has 3 nitrogen and oxygen atoms in total. The van der Waals surface area contributed by atoms with Crippen LogP contribution in [0.2, 0.25) is 0 Å². The standard InChI is InChI=1S/C20H27NO2/c1-23-18-8-3-2-5-15(18)13-14-9-11-21(12-10-14)20(22)19-16-6-4-7-17(16)19/h2-3,5,8,14,16-17,19H,4,6-7,9-13H2,1H3/t16-,17-/m1/s1. The number of likely N-dealkylation sites (tertiary alicyclic amines) is 1. The van der Waals surface area contributed by atoms with Gasteiger partial charge in [-0.2, -0.15) is 0 Å². The van der Waals surface area contributed by atoms with Gasteiger partial charge in [0.2, 0.25) is 5.91 Å². The number of rotatable bonds is 4. The fourth-order valence-corrected chi connectivity index (χ4v) is 4.94. The van der Waals surface area contributed by atoms with Crippen LogP contribution in [-0.4, -0.2) is 31.0 Å². The highest BCUT2D eigenvalue weighted by atomic mass is 16.5. The molecule has 0 radical (unpaired) electrons. The molecule has 1 amide bonds. The number of methoxy groups -OCH3 is 1. The van der Waals surface area contributed by atoms with Gasteiger partial charge in [-0.3, -0.25) is 4.79 Å². The first-order chi connectivity index (χ1) is 11.3. The second-order valence-electron chi connectivity index (χ2n) is 7.57. The van der Waals surface area contributed by atoms with Crippen LogP contribution in [0.3, 0.4) is 0 Å². The van der Waals surface area contributed by atoms with Gasteiger partial charge in [0.05, 0.1) is 7.11 Å².